The van der Waals surface area contributed by atoms with Gasteiger partial charge in [0.1, 0.15) is 5.02 Å². The molecule has 10 heteroatoms. The van der Waals surface area contributed by atoms with Gasteiger partial charge in [-0.1, -0.05) is 29.3 Å². The van der Waals surface area contributed by atoms with Gasteiger partial charge in [-0.15, -0.1) is 0 Å². The van der Waals surface area contributed by atoms with Crippen LogP contribution in [-0.2, 0) is 6.42 Å². The second kappa shape index (κ2) is 11.4. The number of hydrogen-bond acceptors (Lipinski definition) is 8. The standard InChI is InChI=1S/C29H36Cl2N8/c1-19-15-26(23(30)17-27(19)39-9-6-22(7-10-39)38-13-11-37(2)12-14-38)35-29-33-18-24(31)28(36-29)34-21-4-3-20-5-8-32-25(20)16-21/h3-4,15-18,22,32H,5-14H2,1-2H3,(H2,33,34,35,36). The molecule has 3 aromatic rings. The van der Waals surface area contributed by atoms with Gasteiger partial charge in [0.15, 0.2) is 5.82 Å². The highest BCUT2D eigenvalue weighted by atomic mass is 35.5. The highest BCUT2D eigenvalue weighted by Crippen LogP contribution is 2.35. The van der Waals surface area contributed by atoms with E-state index in [4.69, 9.17) is 23.2 Å². The average molecular weight is 568 g/mol. The van der Waals surface area contributed by atoms with Crippen LogP contribution in [0.4, 0.5) is 34.5 Å². The maximum atomic E-state index is 6.78. The van der Waals surface area contributed by atoms with Crippen LogP contribution < -0.4 is 20.9 Å². The van der Waals surface area contributed by atoms with E-state index in [1.54, 1.807) is 6.20 Å². The minimum Gasteiger partial charge on any atom is -0.384 e. The van der Waals surface area contributed by atoms with Crippen LogP contribution in [-0.4, -0.2) is 78.7 Å². The van der Waals surface area contributed by atoms with Gasteiger partial charge in [0.25, 0.3) is 0 Å². The van der Waals surface area contributed by atoms with Gasteiger partial charge in [0, 0.05) is 68.9 Å². The largest absolute Gasteiger partial charge is 0.384 e. The van der Waals surface area contributed by atoms with Crippen LogP contribution in [0.2, 0.25) is 10.0 Å². The molecule has 0 unspecified atom stereocenters. The summed E-state index contributed by atoms with van der Waals surface area (Å²) in [6, 6.07) is 11.1. The molecule has 2 aromatic carbocycles. The zero-order chi connectivity index (χ0) is 26.9. The second-order valence-electron chi connectivity index (χ2n) is 10.9. The van der Waals surface area contributed by atoms with Gasteiger partial charge < -0.3 is 25.8 Å². The zero-order valence-corrected chi connectivity index (χ0v) is 24.1. The van der Waals surface area contributed by atoms with Crippen LogP contribution >= 0.6 is 23.2 Å². The normalized spacial score (nSPS) is 18.6. The molecule has 2 saturated heterocycles. The van der Waals surface area contributed by atoms with Gasteiger partial charge in [-0.3, -0.25) is 4.90 Å². The van der Waals surface area contributed by atoms with E-state index in [9.17, 15) is 0 Å². The van der Waals surface area contributed by atoms with E-state index in [2.05, 4.69) is 78.9 Å². The van der Waals surface area contributed by atoms with E-state index in [0.29, 0.717) is 27.9 Å². The van der Waals surface area contributed by atoms with Crippen molar-refractivity contribution in [2.45, 2.75) is 32.2 Å². The number of fused-ring (bicyclic) bond motifs is 1. The molecule has 0 spiro atoms. The molecular formula is C29H36Cl2N8. The monoisotopic (exact) mass is 566 g/mol. The molecule has 8 nitrogen and oxygen atoms in total. The number of piperazine rings is 1. The number of hydrogen-bond donors (Lipinski definition) is 3. The number of likely N-dealkylation sites (N-methyl/N-ethyl adjacent to an activating group) is 1. The van der Waals surface area contributed by atoms with Crippen LogP contribution in [0, 0.1) is 6.92 Å². The van der Waals surface area contributed by atoms with E-state index in [0.717, 1.165) is 43.1 Å². The van der Waals surface area contributed by atoms with Gasteiger partial charge in [0.05, 0.1) is 16.9 Å². The van der Waals surface area contributed by atoms with E-state index < -0.39 is 0 Å². The summed E-state index contributed by atoms with van der Waals surface area (Å²) < 4.78 is 0. The van der Waals surface area contributed by atoms with E-state index in [-0.39, 0.29) is 0 Å². The molecule has 0 saturated carbocycles. The first-order chi connectivity index (χ1) is 18.9. The fraction of sp³-hybridized carbons (Fsp3) is 0.448. The summed E-state index contributed by atoms with van der Waals surface area (Å²) in [7, 11) is 2.22. The quantitative estimate of drug-likeness (QED) is 0.347. The molecule has 3 aliphatic rings. The number of aromatic nitrogens is 2. The molecule has 39 heavy (non-hydrogen) atoms. The summed E-state index contributed by atoms with van der Waals surface area (Å²) in [4.78, 5) is 16.6. The van der Waals surface area contributed by atoms with E-state index >= 15 is 0 Å². The predicted octanol–water partition coefficient (Wildman–Crippen LogP) is 5.76. The minimum absolute atomic E-state index is 0.434. The van der Waals surface area contributed by atoms with Crippen molar-refractivity contribution in [3.63, 3.8) is 0 Å². The van der Waals surface area contributed by atoms with Crippen LogP contribution in [0.3, 0.4) is 0 Å². The van der Waals surface area contributed by atoms with Crippen molar-refractivity contribution in [2.75, 3.05) is 73.7 Å². The van der Waals surface area contributed by atoms with Crippen molar-refractivity contribution in [2.24, 2.45) is 0 Å². The van der Waals surface area contributed by atoms with Crippen LogP contribution in [0.25, 0.3) is 0 Å². The number of rotatable bonds is 6. The van der Waals surface area contributed by atoms with Crippen molar-refractivity contribution in [1.82, 2.24) is 19.8 Å². The lowest BCUT2D eigenvalue weighted by molar-refractivity contribution is 0.0982. The summed E-state index contributed by atoms with van der Waals surface area (Å²) in [5, 5.41) is 11.1. The molecule has 0 atom stereocenters. The Morgan fingerprint density at radius 2 is 1.74 bits per heavy atom. The third-order valence-corrected chi connectivity index (χ3v) is 8.81. The first-order valence-electron chi connectivity index (χ1n) is 13.8. The number of nitrogens with one attached hydrogen (secondary N) is 3. The molecule has 0 amide bonds. The molecule has 0 radical (unpaired) electrons. The SMILES string of the molecule is Cc1cc(Nc2ncc(Cl)c(Nc3ccc4c(c3)NCC4)n2)c(Cl)cc1N1CCC(N2CCN(C)CC2)CC1. The number of benzene rings is 2. The third kappa shape index (κ3) is 5.89. The second-order valence-corrected chi connectivity index (χ2v) is 11.7. The fourth-order valence-electron chi connectivity index (χ4n) is 5.91. The molecule has 3 aliphatic heterocycles. The molecule has 206 valence electrons. The summed E-state index contributed by atoms with van der Waals surface area (Å²) in [6.45, 7) is 9.91. The van der Waals surface area contributed by atoms with Crippen LogP contribution in [0.5, 0.6) is 0 Å². The first kappa shape index (κ1) is 26.4. The van der Waals surface area contributed by atoms with Crippen molar-refractivity contribution in [3.8, 4) is 0 Å². The topological polar surface area (TPSA) is 71.6 Å². The molecule has 6 rings (SSSR count). The van der Waals surface area contributed by atoms with E-state index in [1.165, 1.54) is 55.8 Å². The summed E-state index contributed by atoms with van der Waals surface area (Å²) >= 11 is 13.2. The Morgan fingerprint density at radius 3 is 2.54 bits per heavy atom. The van der Waals surface area contributed by atoms with E-state index in [1.807, 2.05) is 6.07 Å². The van der Waals surface area contributed by atoms with Gasteiger partial charge in [-0.2, -0.15) is 4.98 Å². The van der Waals surface area contributed by atoms with Crippen molar-refractivity contribution < 1.29 is 0 Å². The molecule has 0 bridgehead atoms. The molecule has 1 aromatic heterocycles. The lowest BCUT2D eigenvalue weighted by atomic mass is 10.0. The number of anilines is 6. The van der Waals surface area contributed by atoms with Crippen LogP contribution in [0.15, 0.2) is 36.5 Å². The Morgan fingerprint density at radius 1 is 0.949 bits per heavy atom. The lowest BCUT2D eigenvalue weighted by Crippen LogP contribution is -2.52. The van der Waals surface area contributed by atoms with Gasteiger partial charge in [-0.25, -0.2) is 4.98 Å². The Bertz CT molecular complexity index is 1330. The summed E-state index contributed by atoms with van der Waals surface area (Å²) in [6.07, 6.45) is 5.03. The van der Waals surface area contributed by atoms with Crippen molar-refractivity contribution >= 4 is 57.7 Å². The summed E-state index contributed by atoms with van der Waals surface area (Å²) in [5.41, 5.74) is 6.55. The smallest absolute Gasteiger partial charge is 0.229 e. The number of halogens is 2. The van der Waals surface area contributed by atoms with Gasteiger partial charge in [0.2, 0.25) is 5.95 Å². The van der Waals surface area contributed by atoms with Gasteiger partial charge >= 0.3 is 0 Å². The Labute approximate surface area is 240 Å². The minimum atomic E-state index is 0.434. The maximum absolute atomic E-state index is 6.78. The first-order valence-corrected chi connectivity index (χ1v) is 14.6. The molecule has 3 N–H and O–H groups in total. The maximum Gasteiger partial charge on any atom is 0.229 e. The highest BCUT2D eigenvalue weighted by molar-refractivity contribution is 6.34. The van der Waals surface area contributed by atoms with Crippen molar-refractivity contribution in [1.29, 1.82) is 0 Å². The van der Waals surface area contributed by atoms with Gasteiger partial charge in [-0.05, 0) is 68.6 Å². The average Bonchev–Trinajstić information content (AvgIpc) is 3.41. The molecule has 4 heterocycles. The Hall–Kier alpha value is -2.78. The molecular weight excluding hydrogens is 531 g/mol. The van der Waals surface area contributed by atoms with Crippen LogP contribution in [0.1, 0.15) is 24.0 Å². The fourth-order valence-corrected chi connectivity index (χ4v) is 6.25. The Balaban J connectivity index is 1.12. The molecule has 2 fully saturated rings. The summed E-state index contributed by atoms with van der Waals surface area (Å²) in [5.74, 6) is 0.975. The number of nitrogens with zero attached hydrogens (tertiary/aromatic N) is 5. The number of aryl methyl sites for hydroxylation is 1. The van der Waals surface area contributed by atoms with Crippen molar-refractivity contribution in [3.05, 3.63) is 57.7 Å². The molecule has 0 aliphatic carbocycles. The highest BCUT2D eigenvalue weighted by Gasteiger charge is 2.27. The third-order valence-electron chi connectivity index (χ3n) is 8.22. The predicted molar refractivity (Wildman–Crippen MR) is 163 cm³/mol. The Kier molecular flexibility index (Phi) is 7.71. The lowest BCUT2D eigenvalue weighted by Gasteiger charge is -2.43. The zero-order valence-electron chi connectivity index (χ0n) is 22.6. The number of piperidine rings is 1.